The number of fused-ring (bicyclic) bond motifs is 3. The summed E-state index contributed by atoms with van der Waals surface area (Å²) in [7, 11) is 0. The second-order valence-corrected chi connectivity index (χ2v) is 9.70. The van der Waals surface area contributed by atoms with Crippen LogP contribution in [-0.2, 0) is 19.5 Å². The van der Waals surface area contributed by atoms with Crippen LogP contribution in [0, 0.1) is 0 Å². The summed E-state index contributed by atoms with van der Waals surface area (Å²) in [5.41, 5.74) is 1.43. The van der Waals surface area contributed by atoms with Crippen LogP contribution in [0.25, 0.3) is 15.9 Å². The van der Waals surface area contributed by atoms with Crippen molar-refractivity contribution < 1.29 is 0 Å². The second-order valence-electron chi connectivity index (χ2n) is 8.62. The molecule has 0 N–H and O–H groups in total. The fourth-order valence-electron chi connectivity index (χ4n) is 4.96. The maximum absolute atomic E-state index is 13.6. The Bertz CT molecular complexity index is 1190. The molecule has 5 rings (SSSR count). The molecule has 0 amide bonds. The van der Waals surface area contributed by atoms with Gasteiger partial charge in [0.05, 0.1) is 11.1 Å². The van der Waals surface area contributed by atoms with Crippen LogP contribution in [0.4, 0.5) is 0 Å². The van der Waals surface area contributed by atoms with Gasteiger partial charge in [0.1, 0.15) is 4.83 Å². The highest BCUT2D eigenvalue weighted by Crippen LogP contribution is 2.33. The number of likely N-dealkylation sites (N-methyl/N-ethyl adjacent to an activating group) is 1. The third-order valence-electron chi connectivity index (χ3n) is 6.75. The van der Waals surface area contributed by atoms with E-state index in [2.05, 4.69) is 16.7 Å². The summed E-state index contributed by atoms with van der Waals surface area (Å²) in [6.45, 7) is 8.69. The van der Waals surface area contributed by atoms with Crippen molar-refractivity contribution in [2.45, 2.75) is 45.7 Å². The molecule has 6 nitrogen and oxygen atoms in total. The van der Waals surface area contributed by atoms with Gasteiger partial charge < -0.3 is 4.90 Å². The number of hydrogen-bond donors (Lipinski definition) is 0. The minimum Gasteiger partial charge on any atom is -0.302 e. The maximum atomic E-state index is 13.6. The van der Waals surface area contributed by atoms with Crippen molar-refractivity contribution in [2.75, 3.05) is 32.7 Å². The largest absolute Gasteiger partial charge is 0.336 e. The molecule has 164 valence electrons. The van der Waals surface area contributed by atoms with E-state index in [0.717, 1.165) is 61.5 Å². The first-order chi connectivity index (χ1) is 15.2. The van der Waals surface area contributed by atoms with E-state index in [1.165, 1.54) is 28.7 Å². The summed E-state index contributed by atoms with van der Waals surface area (Å²) >= 11 is 1.65. The highest BCUT2D eigenvalue weighted by molar-refractivity contribution is 7.18. The summed E-state index contributed by atoms with van der Waals surface area (Å²) in [4.78, 5) is 34.2. The molecule has 1 aromatic carbocycles. The molecule has 2 aliphatic heterocycles. The third-order valence-corrected chi connectivity index (χ3v) is 7.99. The number of rotatable bonds is 5. The first kappa shape index (κ1) is 20.7. The van der Waals surface area contributed by atoms with Gasteiger partial charge in [-0.25, -0.2) is 9.36 Å². The van der Waals surface area contributed by atoms with Gasteiger partial charge in [-0.15, -0.1) is 11.3 Å². The zero-order valence-electron chi connectivity index (χ0n) is 18.2. The van der Waals surface area contributed by atoms with Gasteiger partial charge in [0, 0.05) is 31.1 Å². The van der Waals surface area contributed by atoms with Crippen LogP contribution in [0.1, 0.15) is 36.6 Å². The van der Waals surface area contributed by atoms with E-state index >= 15 is 0 Å². The summed E-state index contributed by atoms with van der Waals surface area (Å²) in [5, 5.41) is 0.762. The molecule has 0 spiro atoms. The Kier molecular flexibility index (Phi) is 5.82. The monoisotopic (exact) mass is 438 g/mol. The fraction of sp³-hybridized carbons (Fsp3) is 0.500. The summed E-state index contributed by atoms with van der Waals surface area (Å²) in [6, 6.07) is 9.37. The summed E-state index contributed by atoms with van der Waals surface area (Å²) < 4.78 is 3.26. The number of benzene rings is 1. The Morgan fingerprint density at radius 2 is 1.71 bits per heavy atom. The molecule has 31 heavy (non-hydrogen) atoms. The van der Waals surface area contributed by atoms with E-state index in [1.807, 2.05) is 34.9 Å². The lowest BCUT2D eigenvalue weighted by Gasteiger charge is -2.26. The number of likely N-dealkylation sites (tertiary alicyclic amines) is 1. The van der Waals surface area contributed by atoms with E-state index in [-0.39, 0.29) is 11.2 Å². The highest BCUT2D eigenvalue weighted by Gasteiger charge is 2.26. The molecule has 0 bridgehead atoms. The molecule has 0 unspecified atom stereocenters. The normalized spacial score (nSPS) is 17.8. The van der Waals surface area contributed by atoms with Crippen molar-refractivity contribution in [3.63, 3.8) is 0 Å². The summed E-state index contributed by atoms with van der Waals surface area (Å²) in [6.07, 6.45) is 4.63. The van der Waals surface area contributed by atoms with Crippen LogP contribution in [0.3, 0.4) is 0 Å². The highest BCUT2D eigenvalue weighted by atomic mass is 32.1. The van der Waals surface area contributed by atoms with Crippen molar-refractivity contribution in [1.82, 2.24) is 18.9 Å². The Hall–Kier alpha value is -2.22. The standard InChI is InChI=1S/C24H30N4O2S/c1-2-25-14-11-19-20(17-25)31-23-21(19)22(29)28(18-9-5-3-6-10-18)24(30)27(23)16-15-26-12-7-4-8-13-26/h3,5-6,9-10H,2,4,7-8,11-17H2,1H3. The smallest absolute Gasteiger partial charge is 0.302 e. The lowest BCUT2D eigenvalue weighted by Crippen LogP contribution is -2.41. The molecule has 0 aliphatic carbocycles. The molecule has 0 radical (unpaired) electrons. The minimum absolute atomic E-state index is 0.164. The second kappa shape index (κ2) is 8.73. The van der Waals surface area contributed by atoms with Crippen molar-refractivity contribution in [3.8, 4) is 5.69 Å². The topological polar surface area (TPSA) is 50.5 Å². The van der Waals surface area contributed by atoms with Crippen LogP contribution in [0.2, 0.25) is 0 Å². The molecule has 2 aromatic heterocycles. The Balaban J connectivity index is 1.67. The average molecular weight is 439 g/mol. The van der Waals surface area contributed by atoms with Gasteiger partial charge >= 0.3 is 5.69 Å². The molecule has 2 aliphatic rings. The molecule has 0 saturated carbocycles. The van der Waals surface area contributed by atoms with Gasteiger partial charge in [0.15, 0.2) is 0 Å². The van der Waals surface area contributed by atoms with E-state index in [0.29, 0.717) is 12.2 Å². The Morgan fingerprint density at radius 1 is 0.935 bits per heavy atom. The fourth-order valence-corrected chi connectivity index (χ4v) is 6.36. The van der Waals surface area contributed by atoms with Gasteiger partial charge in [-0.1, -0.05) is 31.5 Å². The van der Waals surface area contributed by atoms with Crippen LogP contribution in [-0.4, -0.2) is 51.7 Å². The maximum Gasteiger partial charge on any atom is 0.336 e. The zero-order chi connectivity index (χ0) is 21.4. The number of para-hydroxylation sites is 1. The molecular weight excluding hydrogens is 408 g/mol. The summed E-state index contributed by atoms with van der Waals surface area (Å²) in [5.74, 6) is 0. The molecule has 0 atom stereocenters. The van der Waals surface area contributed by atoms with E-state index in [4.69, 9.17) is 0 Å². The number of thiophene rings is 1. The molecule has 4 heterocycles. The molecule has 3 aromatic rings. The predicted molar refractivity (Wildman–Crippen MR) is 127 cm³/mol. The van der Waals surface area contributed by atoms with E-state index in [9.17, 15) is 9.59 Å². The average Bonchev–Trinajstić information content (AvgIpc) is 3.19. The van der Waals surface area contributed by atoms with Crippen molar-refractivity contribution in [3.05, 3.63) is 61.6 Å². The Labute approximate surface area is 186 Å². The lowest BCUT2D eigenvalue weighted by molar-refractivity contribution is 0.220. The SMILES string of the molecule is CCN1CCc2c(sc3c2c(=O)n(-c2ccccc2)c(=O)n3CCN2CCCCC2)C1. The van der Waals surface area contributed by atoms with Crippen LogP contribution in [0.15, 0.2) is 39.9 Å². The number of piperidine rings is 1. The minimum atomic E-state index is -0.216. The molecule has 1 fully saturated rings. The van der Waals surface area contributed by atoms with E-state index in [1.54, 1.807) is 11.3 Å². The number of aromatic nitrogens is 2. The van der Waals surface area contributed by atoms with Crippen molar-refractivity contribution in [1.29, 1.82) is 0 Å². The van der Waals surface area contributed by atoms with Crippen LogP contribution < -0.4 is 11.2 Å². The van der Waals surface area contributed by atoms with Gasteiger partial charge in [0.2, 0.25) is 0 Å². The van der Waals surface area contributed by atoms with Gasteiger partial charge in [-0.05, 0) is 56.6 Å². The van der Waals surface area contributed by atoms with E-state index < -0.39 is 0 Å². The first-order valence-electron chi connectivity index (χ1n) is 11.5. The predicted octanol–water partition coefficient (Wildman–Crippen LogP) is 3.08. The third kappa shape index (κ3) is 3.79. The van der Waals surface area contributed by atoms with Gasteiger partial charge in [0.25, 0.3) is 5.56 Å². The van der Waals surface area contributed by atoms with Crippen molar-refractivity contribution >= 4 is 21.6 Å². The molecular formula is C24H30N4O2S. The number of hydrogen-bond acceptors (Lipinski definition) is 5. The molecule has 7 heteroatoms. The van der Waals surface area contributed by atoms with Gasteiger partial charge in [-0.3, -0.25) is 14.3 Å². The van der Waals surface area contributed by atoms with Crippen LogP contribution >= 0.6 is 11.3 Å². The first-order valence-corrected chi connectivity index (χ1v) is 12.3. The van der Waals surface area contributed by atoms with Gasteiger partial charge in [-0.2, -0.15) is 0 Å². The quantitative estimate of drug-likeness (QED) is 0.614. The number of nitrogens with zero attached hydrogens (tertiary/aromatic N) is 4. The molecule has 1 saturated heterocycles. The Morgan fingerprint density at radius 3 is 2.45 bits per heavy atom. The van der Waals surface area contributed by atoms with Crippen LogP contribution in [0.5, 0.6) is 0 Å². The van der Waals surface area contributed by atoms with Crippen molar-refractivity contribution in [2.24, 2.45) is 0 Å². The zero-order valence-corrected chi connectivity index (χ0v) is 19.0. The lowest BCUT2D eigenvalue weighted by atomic mass is 10.1.